The van der Waals surface area contributed by atoms with Crippen LogP contribution in [0.1, 0.15) is 26.2 Å². The first-order valence-electron chi connectivity index (χ1n) is 4.43. The Morgan fingerprint density at radius 2 is 2.08 bits per heavy atom. The van der Waals surface area contributed by atoms with Crippen molar-refractivity contribution in [1.29, 1.82) is 0 Å². The molecule has 0 aromatic carbocycles. The Morgan fingerprint density at radius 1 is 1.42 bits per heavy atom. The normalized spacial score (nSPS) is 9.08. The fourth-order valence-electron chi connectivity index (χ4n) is 0.749. The number of carbonyl (C=O) groups excluding carboxylic acids is 1. The van der Waals surface area contributed by atoms with E-state index in [2.05, 4.69) is 17.2 Å². The molecule has 0 rings (SSSR count). The van der Waals surface area contributed by atoms with Crippen molar-refractivity contribution in [3.05, 3.63) is 12.7 Å². The van der Waals surface area contributed by atoms with Gasteiger partial charge in [0, 0.05) is 13.1 Å². The first-order valence-corrected chi connectivity index (χ1v) is 4.43. The van der Waals surface area contributed by atoms with Crippen LogP contribution in [0, 0.1) is 0 Å². The van der Waals surface area contributed by atoms with Gasteiger partial charge in [0.2, 0.25) is 0 Å². The maximum atomic E-state index is 10.9. The topological polar surface area (TPSA) is 41.1 Å². The molecule has 3 heteroatoms. The Hall–Kier alpha value is -0.990. The molecule has 0 saturated carbocycles. The highest BCUT2D eigenvalue weighted by Crippen LogP contribution is 1.85. The summed E-state index contributed by atoms with van der Waals surface area (Å²) in [5.74, 6) is 0. The molecule has 0 radical (unpaired) electrons. The van der Waals surface area contributed by atoms with Crippen molar-refractivity contribution in [2.75, 3.05) is 13.1 Å². The van der Waals surface area contributed by atoms with Gasteiger partial charge in [-0.3, -0.25) is 0 Å². The number of hydrogen-bond acceptors (Lipinski definition) is 1. The summed E-state index contributed by atoms with van der Waals surface area (Å²) >= 11 is 0. The molecule has 2 N–H and O–H groups in total. The Morgan fingerprint density at radius 3 is 2.67 bits per heavy atom. The number of allylic oxidation sites excluding steroid dienone is 1. The van der Waals surface area contributed by atoms with E-state index in [1.807, 2.05) is 13.0 Å². The maximum Gasteiger partial charge on any atom is 0.314 e. The highest BCUT2D eigenvalue weighted by molar-refractivity contribution is 5.73. The molecule has 0 bridgehead atoms. The van der Waals surface area contributed by atoms with Crippen molar-refractivity contribution in [3.8, 4) is 0 Å². The van der Waals surface area contributed by atoms with E-state index < -0.39 is 0 Å². The van der Waals surface area contributed by atoms with Gasteiger partial charge in [-0.1, -0.05) is 13.0 Å². The van der Waals surface area contributed by atoms with E-state index >= 15 is 0 Å². The van der Waals surface area contributed by atoms with Crippen molar-refractivity contribution >= 4 is 6.03 Å². The van der Waals surface area contributed by atoms with Gasteiger partial charge in [0.05, 0.1) is 0 Å². The van der Waals surface area contributed by atoms with Crippen molar-refractivity contribution in [1.82, 2.24) is 10.6 Å². The summed E-state index contributed by atoms with van der Waals surface area (Å²) < 4.78 is 0. The molecule has 3 nitrogen and oxygen atoms in total. The fourth-order valence-corrected chi connectivity index (χ4v) is 0.749. The van der Waals surface area contributed by atoms with E-state index in [-0.39, 0.29) is 6.03 Å². The number of amides is 2. The molecule has 0 aromatic heterocycles. The molecule has 2 amide bonds. The minimum absolute atomic E-state index is 0.0686. The number of hydrogen-bond donors (Lipinski definition) is 2. The predicted octanol–water partition coefficient (Wildman–Crippen LogP) is 1.66. The second-order valence-electron chi connectivity index (χ2n) is 2.61. The third-order valence-corrected chi connectivity index (χ3v) is 1.41. The summed E-state index contributed by atoms with van der Waals surface area (Å²) in [7, 11) is 0. The van der Waals surface area contributed by atoms with Gasteiger partial charge in [0.15, 0.2) is 0 Å². The lowest BCUT2D eigenvalue weighted by molar-refractivity contribution is 0.241. The molecular weight excluding hydrogens is 152 g/mol. The molecule has 0 spiro atoms. The monoisotopic (exact) mass is 170 g/mol. The Labute approximate surface area is 74.2 Å². The van der Waals surface area contributed by atoms with Crippen molar-refractivity contribution < 1.29 is 4.79 Å². The second kappa shape index (κ2) is 8.11. The Balaban J connectivity index is 3.13. The van der Waals surface area contributed by atoms with Crippen molar-refractivity contribution in [2.45, 2.75) is 26.2 Å². The van der Waals surface area contributed by atoms with Crippen LogP contribution < -0.4 is 10.6 Å². The summed E-state index contributed by atoms with van der Waals surface area (Å²) in [6.45, 7) is 7.09. The molecule has 70 valence electrons. The highest BCUT2D eigenvalue weighted by Gasteiger charge is 1.95. The van der Waals surface area contributed by atoms with Gasteiger partial charge in [-0.2, -0.15) is 0 Å². The van der Waals surface area contributed by atoms with Gasteiger partial charge in [0.1, 0.15) is 0 Å². The molecule has 0 aliphatic rings. The van der Waals surface area contributed by atoms with Crippen LogP contribution in [0.4, 0.5) is 4.79 Å². The van der Waals surface area contributed by atoms with Crippen LogP contribution in [0.25, 0.3) is 0 Å². The number of rotatable bonds is 6. The molecule has 0 aromatic rings. The zero-order chi connectivity index (χ0) is 9.23. The Bertz CT molecular complexity index is 134. The van der Waals surface area contributed by atoms with Crippen LogP contribution in [0.15, 0.2) is 12.7 Å². The lowest BCUT2D eigenvalue weighted by atomic mass is 10.3. The SMILES string of the molecule is C=CCCCNC(=O)NCCC. The minimum Gasteiger partial charge on any atom is -0.338 e. The van der Waals surface area contributed by atoms with E-state index in [0.717, 1.165) is 32.4 Å². The maximum absolute atomic E-state index is 10.9. The molecule has 0 fully saturated rings. The number of urea groups is 1. The zero-order valence-corrected chi connectivity index (χ0v) is 7.73. The van der Waals surface area contributed by atoms with Crippen LogP contribution in [0.3, 0.4) is 0 Å². The van der Waals surface area contributed by atoms with Crippen LogP contribution >= 0.6 is 0 Å². The number of unbranched alkanes of at least 4 members (excludes halogenated alkanes) is 1. The molecule has 0 aliphatic carbocycles. The summed E-state index contributed by atoms with van der Waals surface area (Å²) in [4.78, 5) is 10.9. The molecule has 0 heterocycles. The van der Waals surface area contributed by atoms with E-state index in [9.17, 15) is 4.79 Å². The molecule has 0 saturated heterocycles. The van der Waals surface area contributed by atoms with Crippen LogP contribution in [0.2, 0.25) is 0 Å². The van der Waals surface area contributed by atoms with Gasteiger partial charge in [-0.05, 0) is 19.3 Å². The molecule has 0 atom stereocenters. The standard InChI is InChI=1S/C9H18N2O/c1-3-5-6-8-11-9(12)10-7-4-2/h3H,1,4-8H2,2H3,(H2,10,11,12). The first-order chi connectivity index (χ1) is 5.81. The minimum atomic E-state index is -0.0686. The lowest BCUT2D eigenvalue weighted by Crippen LogP contribution is -2.36. The number of nitrogens with one attached hydrogen (secondary N) is 2. The lowest BCUT2D eigenvalue weighted by Gasteiger charge is -2.04. The van der Waals surface area contributed by atoms with E-state index in [4.69, 9.17) is 0 Å². The zero-order valence-electron chi connectivity index (χ0n) is 7.73. The molecular formula is C9H18N2O. The fraction of sp³-hybridized carbons (Fsp3) is 0.667. The smallest absolute Gasteiger partial charge is 0.314 e. The average molecular weight is 170 g/mol. The number of carbonyl (C=O) groups is 1. The van der Waals surface area contributed by atoms with Gasteiger partial charge in [-0.25, -0.2) is 4.79 Å². The second-order valence-corrected chi connectivity index (χ2v) is 2.61. The van der Waals surface area contributed by atoms with Crippen LogP contribution in [-0.4, -0.2) is 19.1 Å². The summed E-state index contributed by atoms with van der Waals surface area (Å²) in [6.07, 6.45) is 4.74. The molecule has 0 unspecified atom stereocenters. The van der Waals surface area contributed by atoms with Crippen molar-refractivity contribution in [3.63, 3.8) is 0 Å². The Kier molecular flexibility index (Phi) is 7.44. The van der Waals surface area contributed by atoms with Crippen LogP contribution in [0.5, 0.6) is 0 Å². The predicted molar refractivity (Wildman–Crippen MR) is 51.1 cm³/mol. The van der Waals surface area contributed by atoms with E-state index in [0.29, 0.717) is 0 Å². The first kappa shape index (κ1) is 11.0. The summed E-state index contributed by atoms with van der Waals surface area (Å²) in [5.41, 5.74) is 0. The highest BCUT2D eigenvalue weighted by atomic mass is 16.2. The average Bonchev–Trinajstić information content (AvgIpc) is 2.09. The van der Waals surface area contributed by atoms with E-state index in [1.54, 1.807) is 0 Å². The quantitative estimate of drug-likeness (QED) is 0.462. The van der Waals surface area contributed by atoms with Crippen molar-refractivity contribution in [2.24, 2.45) is 0 Å². The third-order valence-electron chi connectivity index (χ3n) is 1.41. The van der Waals surface area contributed by atoms with Crippen LogP contribution in [-0.2, 0) is 0 Å². The molecule has 12 heavy (non-hydrogen) atoms. The summed E-state index contributed by atoms with van der Waals surface area (Å²) in [6, 6.07) is -0.0686. The summed E-state index contributed by atoms with van der Waals surface area (Å²) in [5, 5.41) is 5.49. The van der Waals surface area contributed by atoms with Gasteiger partial charge >= 0.3 is 6.03 Å². The van der Waals surface area contributed by atoms with E-state index in [1.165, 1.54) is 0 Å². The largest absolute Gasteiger partial charge is 0.338 e. The third kappa shape index (κ3) is 7.12. The van der Waals surface area contributed by atoms with Gasteiger partial charge in [-0.15, -0.1) is 6.58 Å². The van der Waals surface area contributed by atoms with Gasteiger partial charge < -0.3 is 10.6 Å². The van der Waals surface area contributed by atoms with Gasteiger partial charge in [0.25, 0.3) is 0 Å². The molecule has 0 aliphatic heterocycles.